The number of benzene rings is 1. The Morgan fingerprint density at radius 3 is 2.24 bits per heavy atom. The van der Waals surface area contributed by atoms with Gasteiger partial charge in [-0.25, -0.2) is 0 Å². The van der Waals surface area contributed by atoms with Crippen molar-refractivity contribution in [2.24, 2.45) is 5.11 Å². The number of carbonyl (C=O) groups excluding carboxylic acids is 3. The molecule has 5 atom stereocenters. The van der Waals surface area contributed by atoms with Crippen molar-refractivity contribution in [2.45, 2.75) is 50.1 Å². The van der Waals surface area contributed by atoms with Crippen LogP contribution in [0.2, 0.25) is 0 Å². The zero-order valence-corrected chi connectivity index (χ0v) is 17.8. The fourth-order valence-corrected chi connectivity index (χ4v) is 5.17. The van der Waals surface area contributed by atoms with E-state index in [4.69, 9.17) is 24.5 Å². The Kier molecular flexibility index (Phi) is 8.48. The van der Waals surface area contributed by atoms with E-state index in [0.29, 0.717) is 0 Å². The van der Waals surface area contributed by atoms with Crippen LogP contribution in [0.3, 0.4) is 0 Å². The number of hydrogen-bond acceptors (Lipinski definition) is 8. The average molecular weight is 470 g/mol. The van der Waals surface area contributed by atoms with Gasteiger partial charge in [0, 0.05) is 0 Å². The van der Waals surface area contributed by atoms with Gasteiger partial charge in [0.2, 0.25) is 0 Å². The third kappa shape index (κ3) is 6.76. The van der Waals surface area contributed by atoms with Crippen LogP contribution in [-0.4, -0.2) is 68.8 Å². The first-order valence-corrected chi connectivity index (χ1v) is 10.6. The molecule has 0 aromatic heterocycles. The summed E-state index contributed by atoms with van der Waals surface area (Å²) in [6, 6.07) is 8.47. The fraction of sp³-hybridized carbons (Fsp3) is 0.500. The molecule has 10 nitrogen and oxygen atoms in total. The van der Waals surface area contributed by atoms with Gasteiger partial charge in [-0.3, -0.25) is 0 Å². The van der Waals surface area contributed by atoms with Crippen LogP contribution < -0.4 is 4.46 Å². The molecule has 1 aliphatic heterocycles. The van der Waals surface area contributed by atoms with Crippen LogP contribution >= 0.6 is 0 Å². The summed E-state index contributed by atoms with van der Waals surface area (Å²) in [6.45, 7) is 3.42. The topological polar surface area (TPSA) is 137 Å². The molecule has 1 aromatic rings. The van der Waals surface area contributed by atoms with Gasteiger partial charge in [-0.2, -0.15) is 0 Å². The molecule has 1 aromatic carbocycles. The Balaban J connectivity index is 2.41. The van der Waals surface area contributed by atoms with Crippen LogP contribution in [0.1, 0.15) is 20.8 Å². The zero-order valence-electron chi connectivity index (χ0n) is 16.1. The Hall–Kier alpha value is -2.58. The molecule has 0 bridgehead atoms. The second kappa shape index (κ2) is 10.8. The summed E-state index contributed by atoms with van der Waals surface area (Å²) in [5.74, 6) is -1.82. The van der Waals surface area contributed by atoms with Crippen molar-refractivity contribution in [2.75, 3.05) is 6.61 Å². The van der Waals surface area contributed by atoms with Gasteiger partial charge < -0.3 is 0 Å². The maximum atomic E-state index is 11.7. The molecule has 0 spiro atoms. The van der Waals surface area contributed by atoms with Crippen LogP contribution in [0, 0.1) is 0 Å². The van der Waals surface area contributed by atoms with Gasteiger partial charge >= 0.3 is 173 Å². The van der Waals surface area contributed by atoms with E-state index in [0.717, 1.165) is 4.46 Å². The first-order valence-electron chi connectivity index (χ1n) is 8.71. The van der Waals surface area contributed by atoms with Crippen LogP contribution in [0.15, 0.2) is 35.4 Å². The van der Waals surface area contributed by atoms with E-state index in [-0.39, 0.29) is 21.6 Å². The van der Waals surface area contributed by atoms with Gasteiger partial charge in [0.25, 0.3) is 0 Å². The van der Waals surface area contributed by atoms with Gasteiger partial charge in [0.15, 0.2) is 0 Å². The number of hydrogen-bond donors (Lipinski definition) is 0. The number of nitrogens with zero attached hydrogens (tertiary/aromatic N) is 3. The fourth-order valence-electron chi connectivity index (χ4n) is 2.80. The molecule has 0 radical (unpaired) electrons. The van der Waals surface area contributed by atoms with E-state index >= 15 is 0 Å². The molecule has 0 N–H and O–H groups in total. The normalized spacial score (nSPS) is 26.0. The van der Waals surface area contributed by atoms with Gasteiger partial charge in [0.1, 0.15) is 0 Å². The Bertz CT molecular complexity index is 785. The SMILES string of the molecule is CC(=O)OC[C@H]1O[C@H]([Se]c2ccccc2)[C@H](N=[N+]=[N-])[C@@H](OC(C)=O)[C@@H]1OC(C)=O. The molecule has 1 heterocycles. The predicted molar refractivity (Wildman–Crippen MR) is 101 cm³/mol. The maximum absolute atomic E-state index is 11.7. The summed E-state index contributed by atoms with van der Waals surface area (Å²) in [4.78, 5) is 37.5. The molecule has 1 aliphatic rings. The van der Waals surface area contributed by atoms with Crippen LogP contribution in [0.4, 0.5) is 0 Å². The van der Waals surface area contributed by atoms with Crippen LogP contribution in [-0.2, 0) is 33.3 Å². The van der Waals surface area contributed by atoms with Crippen molar-refractivity contribution in [3.63, 3.8) is 0 Å². The minimum absolute atomic E-state index is 0.213. The molecule has 0 unspecified atom stereocenters. The molecule has 0 aliphatic carbocycles. The number of carbonyl (C=O) groups is 3. The van der Waals surface area contributed by atoms with Gasteiger partial charge in [-0.15, -0.1) is 0 Å². The van der Waals surface area contributed by atoms with Crippen LogP contribution in [0.25, 0.3) is 10.4 Å². The number of esters is 3. The molecule has 11 heteroatoms. The van der Waals surface area contributed by atoms with E-state index in [1.807, 2.05) is 30.3 Å². The van der Waals surface area contributed by atoms with Crippen molar-refractivity contribution < 1.29 is 33.3 Å². The van der Waals surface area contributed by atoms with E-state index in [2.05, 4.69) is 10.0 Å². The van der Waals surface area contributed by atoms with E-state index in [1.54, 1.807) is 0 Å². The first-order chi connectivity index (χ1) is 13.8. The van der Waals surface area contributed by atoms with Crippen molar-refractivity contribution in [1.29, 1.82) is 0 Å². The van der Waals surface area contributed by atoms with Gasteiger partial charge in [0.05, 0.1) is 0 Å². The summed E-state index contributed by atoms with van der Waals surface area (Å²) >= 11 is -0.339. The second-order valence-corrected chi connectivity index (χ2v) is 8.58. The quantitative estimate of drug-likeness (QED) is 0.144. The number of azide groups is 1. The molecule has 156 valence electrons. The van der Waals surface area contributed by atoms with Crippen LogP contribution in [0.5, 0.6) is 0 Å². The van der Waals surface area contributed by atoms with Crippen molar-refractivity contribution in [3.05, 3.63) is 40.8 Å². The second-order valence-electron chi connectivity index (χ2n) is 6.12. The minimum atomic E-state index is -1.10. The monoisotopic (exact) mass is 471 g/mol. The van der Waals surface area contributed by atoms with Crippen molar-refractivity contribution in [1.82, 2.24) is 0 Å². The summed E-state index contributed by atoms with van der Waals surface area (Å²) in [7, 11) is 0. The zero-order chi connectivity index (χ0) is 21.4. The number of ether oxygens (including phenoxy) is 4. The first kappa shape index (κ1) is 22.7. The molecule has 1 fully saturated rings. The molecule has 29 heavy (non-hydrogen) atoms. The Morgan fingerprint density at radius 2 is 1.69 bits per heavy atom. The molecule has 1 saturated heterocycles. The molecule has 0 saturated carbocycles. The van der Waals surface area contributed by atoms with E-state index < -0.39 is 47.3 Å². The molecular formula is C18H21N3O7Se. The number of rotatable bonds is 7. The third-order valence-corrected chi connectivity index (χ3v) is 6.30. The van der Waals surface area contributed by atoms with Gasteiger partial charge in [-0.05, 0) is 0 Å². The third-order valence-electron chi connectivity index (χ3n) is 3.85. The Labute approximate surface area is 173 Å². The summed E-state index contributed by atoms with van der Waals surface area (Å²) in [6.07, 6.45) is -3.08. The molecule has 2 rings (SSSR count). The van der Waals surface area contributed by atoms with Gasteiger partial charge in [-0.1, -0.05) is 0 Å². The van der Waals surface area contributed by atoms with E-state index in [1.165, 1.54) is 20.8 Å². The summed E-state index contributed by atoms with van der Waals surface area (Å²) in [5, 5.41) is 3.14. The van der Waals surface area contributed by atoms with Crippen molar-refractivity contribution >= 4 is 37.3 Å². The summed E-state index contributed by atoms with van der Waals surface area (Å²) in [5.41, 5.74) is 9.06. The predicted octanol–water partition coefficient (Wildman–Crippen LogP) is 0.846. The molecule has 0 amide bonds. The Morgan fingerprint density at radius 1 is 1.07 bits per heavy atom. The molecular weight excluding hydrogens is 449 g/mol. The standard InChI is InChI=1S/C18H21N3O7Se/c1-10(22)25-9-14-16(26-11(2)23)17(27-12(3)24)15(20-21-19)18(28-14)29-13-7-5-4-6-8-13/h4-8,14-18H,9H2,1-3H3/t14-,15-,16-,17-,18-/m1/s1. The average Bonchev–Trinajstić information content (AvgIpc) is 2.65. The van der Waals surface area contributed by atoms with E-state index in [9.17, 15) is 14.4 Å². The summed E-state index contributed by atoms with van der Waals surface area (Å²) < 4.78 is 22.8. The van der Waals surface area contributed by atoms with Crippen molar-refractivity contribution in [3.8, 4) is 0 Å².